The molecule has 4 nitrogen and oxygen atoms in total. The van der Waals surface area contributed by atoms with Crippen LogP contribution in [0.15, 0.2) is 4.79 Å². The lowest BCUT2D eigenvalue weighted by molar-refractivity contribution is 0.491. The number of hydrogen-bond donors (Lipinski definition) is 0. The van der Waals surface area contributed by atoms with Crippen molar-refractivity contribution in [1.82, 2.24) is 14.3 Å². The Morgan fingerprint density at radius 2 is 1.53 bits per heavy atom. The average Bonchev–Trinajstić information content (AvgIpc) is 2.42. The first-order valence-electron chi connectivity index (χ1n) is 5.57. The van der Waals surface area contributed by atoms with Crippen LogP contribution in [0.4, 0.5) is 0 Å². The Balaban J connectivity index is 3.40. The normalized spacial score (nSPS) is 12.1. The van der Waals surface area contributed by atoms with Crippen molar-refractivity contribution in [2.75, 3.05) is 0 Å². The molecule has 4 heteroatoms. The van der Waals surface area contributed by atoms with E-state index in [-0.39, 0.29) is 23.7 Å². The second-order valence-electron chi connectivity index (χ2n) is 4.80. The van der Waals surface area contributed by atoms with Gasteiger partial charge in [-0.1, -0.05) is 13.8 Å². The van der Waals surface area contributed by atoms with Crippen molar-refractivity contribution in [3.63, 3.8) is 0 Å². The molecule has 1 aromatic heterocycles. The minimum absolute atomic E-state index is 0.00343. The number of hydrogen-bond acceptors (Lipinski definition) is 2. The third kappa shape index (κ3) is 2.13. The van der Waals surface area contributed by atoms with Crippen LogP contribution in [0.3, 0.4) is 0 Å². The van der Waals surface area contributed by atoms with Crippen molar-refractivity contribution in [3.8, 4) is 0 Å². The van der Waals surface area contributed by atoms with Gasteiger partial charge in [-0.15, -0.1) is 0 Å². The monoisotopic (exact) mass is 211 g/mol. The van der Waals surface area contributed by atoms with E-state index >= 15 is 0 Å². The van der Waals surface area contributed by atoms with Crippen molar-refractivity contribution in [2.45, 2.75) is 59.5 Å². The molecule has 1 heterocycles. The Morgan fingerprint density at radius 1 is 1.00 bits per heavy atom. The molecule has 86 valence electrons. The molecule has 0 N–H and O–H groups in total. The van der Waals surface area contributed by atoms with E-state index in [0.29, 0.717) is 0 Å². The fraction of sp³-hybridized carbons (Fsp3) is 0.818. The lowest BCUT2D eigenvalue weighted by Crippen LogP contribution is -2.27. The van der Waals surface area contributed by atoms with E-state index < -0.39 is 0 Å². The van der Waals surface area contributed by atoms with E-state index in [2.05, 4.69) is 18.9 Å². The molecule has 0 bridgehead atoms. The maximum Gasteiger partial charge on any atom is 0.346 e. The standard InChI is InChI=1S/C11H21N3O/c1-7(2)10-12-14(9(5)6)11(15)13(10)8(3)4/h7-9H,1-6H3. The molecule has 0 saturated heterocycles. The zero-order valence-electron chi connectivity index (χ0n) is 10.5. The molecule has 0 aliphatic rings. The van der Waals surface area contributed by atoms with Gasteiger partial charge in [0.2, 0.25) is 0 Å². The molecule has 0 spiro atoms. The first-order valence-corrected chi connectivity index (χ1v) is 5.57. The van der Waals surface area contributed by atoms with Crippen LogP contribution in [0.1, 0.15) is 65.4 Å². The lowest BCUT2D eigenvalue weighted by Gasteiger charge is -2.10. The van der Waals surface area contributed by atoms with Crippen LogP contribution in [0.5, 0.6) is 0 Å². The first-order chi connectivity index (χ1) is 6.86. The molecule has 0 amide bonds. The summed E-state index contributed by atoms with van der Waals surface area (Å²) in [5.74, 6) is 1.16. The van der Waals surface area contributed by atoms with Gasteiger partial charge >= 0.3 is 5.69 Å². The SMILES string of the molecule is CC(C)c1nn(C(C)C)c(=O)n1C(C)C. The molecule has 0 atom stereocenters. The van der Waals surface area contributed by atoms with Gasteiger partial charge in [0.1, 0.15) is 5.82 Å². The molecule has 0 radical (unpaired) electrons. The summed E-state index contributed by atoms with van der Waals surface area (Å²) in [4.78, 5) is 12.0. The van der Waals surface area contributed by atoms with Crippen LogP contribution < -0.4 is 5.69 Å². The second kappa shape index (κ2) is 4.21. The van der Waals surface area contributed by atoms with E-state index in [4.69, 9.17) is 0 Å². The summed E-state index contributed by atoms with van der Waals surface area (Å²) >= 11 is 0. The highest BCUT2D eigenvalue weighted by Crippen LogP contribution is 2.15. The van der Waals surface area contributed by atoms with Crippen LogP contribution in [0.2, 0.25) is 0 Å². The molecule has 15 heavy (non-hydrogen) atoms. The van der Waals surface area contributed by atoms with E-state index in [0.717, 1.165) is 5.82 Å². The highest BCUT2D eigenvalue weighted by atomic mass is 16.2. The number of aromatic nitrogens is 3. The Labute approximate surface area is 90.9 Å². The number of nitrogens with zero attached hydrogens (tertiary/aromatic N) is 3. The maximum atomic E-state index is 12.0. The van der Waals surface area contributed by atoms with Crippen molar-refractivity contribution in [2.24, 2.45) is 0 Å². The predicted molar refractivity (Wildman–Crippen MR) is 61.3 cm³/mol. The molecular weight excluding hydrogens is 190 g/mol. The molecule has 0 fully saturated rings. The molecule has 0 aliphatic heterocycles. The van der Waals surface area contributed by atoms with Crippen molar-refractivity contribution >= 4 is 0 Å². The maximum absolute atomic E-state index is 12.0. The zero-order valence-corrected chi connectivity index (χ0v) is 10.5. The van der Waals surface area contributed by atoms with Crippen LogP contribution in [0, 0.1) is 0 Å². The average molecular weight is 211 g/mol. The fourth-order valence-electron chi connectivity index (χ4n) is 1.63. The predicted octanol–water partition coefficient (Wildman–Crippen LogP) is 2.33. The molecule has 0 unspecified atom stereocenters. The molecule has 0 saturated carbocycles. The summed E-state index contributed by atoms with van der Waals surface area (Å²) in [5.41, 5.74) is 0.00343. The Morgan fingerprint density at radius 3 is 1.80 bits per heavy atom. The Bertz CT molecular complexity index is 385. The minimum atomic E-state index is 0.00343. The minimum Gasteiger partial charge on any atom is -0.276 e. The molecule has 1 aromatic rings. The lowest BCUT2D eigenvalue weighted by atomic mass is 10.2. The van der Waals surface area contributed by atoms with Gasteiger partial charge in [-0.2, -0.15) is 5.10 Å². The second-order valence-corrected chi connectivity index (χ2v) is 4.80. The van der Waals surface area contributed by atoms with Crippen molar-refractivity contribution in [3.05, 3.63) is 16.3 Å². The van der Waals surface area contributed by atoms with Gasteiger partial charge in [0.05, 0.1) is 6.04 Å². The van der Waals surface area contributed by atoms with Gasteiger partial charge in [-0.25, -0.2) is 9.48 Å². The molecule has 0 aliphatic carbocycles. The van der Waals surface area contributed by atoms with Crippen molar-refractivity contribution in [1.29, 1.82) is 0 Å². The topological polar surface area (TPSA) is 39.8 Å². The van der Waals surface area contributed by atoms with Gasteiger partial charge in [0.15, 0.2) is 0 Å². The molecule has 0 aromatic carbocycles. The van der Waals surface area contributed by atoms with E-state index in [1.807, 2.05) is 27.7 Å². The summed E-state index contributed by atoms with van der Waals surface area (Å²) in [6.45, 7) is 12.1. The Hall–Kier alpha value is -1.06. The molecular formula is C11H21N3O. The van der Waals surface area contributed by atoms with Crippen molar-refractivity contribution < 1.29 is 0 Å². The largest absolute Gasteiger partial charge is 0.346 e. The van der Waals surface area contributed by atoms with E-state index in [9.17, 15) is 4.79 Å². The van der Waals surface area contributed by atoms with E-state index in [1.54, 1.807) is 9.25 Å². The summed E-state index contributed by atoms with van der Waals surface area (Å²) in [5, 5.41) is 4.40. The highest BCUT2D eigenvalue weighted by Gasteiger charge is 2.18. The third-order valence-corrected chi connectivity index (χ3v) is 2.38. The van der Waals surface area contributed by atoms with Gasteiger partial charge in [-0.05, 0) is 27.7 Å². The molecule has 1 rings (SSSR count). The van der Waals surface area contributed by atoms with Crippen LogP contribution in [0.25, 0.3) is 0 Å². The van der Waals surface area contributed by atoms with Crippen LogP contribution in [-0.2, 0) is 0 Å². The fourth-order valence-corrected chi connectivity index (χ4v) is 1.63. The van der Waals surface area contributed by atoms with Gasteiger partial charge in [-0.3, -0.25) is 4.57 Å². The van der Waals surface area contributed by atoms with Crippen LogP contribution in [-0.4, -0.2) is 14.3 Å². The Kier molecular flexibility index (Phi) is 3.37. The zero-order chi connectivity index (χ0) is 11.7. The highest BCUT2D eigenvalue weighted by molar-refractivity contribution is 4.96. The van der Waals surface area contributed by atoms with Gasteiger partial charge < -0.3 is 0 Å². The third-order valence-electron chi connectivity index (χ3n) is 2.38. The van der Waals surface area contributed by atoms with Gasteiger partial charge in [0, 0.05) is 12.0 Å². The quantitative estimate of drug-likeness (QED) is 0.769. The van der Waals surface area contributed by atoms with Gasteiger partial charge in [0.25, 0.3) is 0 Å². The summed E-state index contributed by atoms with van der Waals surface area (Å²) < 4.78 is 3.35. The number of rotatable bonds is 3. The smallest absolute Gasteiger partial charge is 0.276 e. The summed E-state index contributed by atoms with van der Waals surface area (Å²) in [6.07, 6.45) is 0. The van der Waals surface area contributed by atoms with E-state index in [1.165, 1.54) is 0 Å². The first kappa shape index (κ1) is 12.0. The van der Waals surface area contributed by atoms with Crippen LogP contribution >= 0.6 is 0 Å². The summed E-state index contributed by atoms with van der Waals surface area (Å²) in [6, 6.07) is 0.289. The summed E-state index contributed by atoms with van der Waals surface area (Å²) in [7, 11) is 0.